The number of amides is 1. The molecule has 1 aromatic carbocycles. The van der Waals surface area contributed by atoms with Crippen molar-refractivity contribution < 1.29 is 4.79 Å². The van der Waals surface area contributed by atoms with E-state index in [0.717, 1.165) is 12.1 Å². The normalized spacial score (nSPS) is 10.7. The Hall–Kier alpha value is -0.770. The van der Waals surface area contributed by atoms with Crippen molar-refractivity contribution in [1.82, 2.24) is 10.6 Å². The molecule has 5 heteroatoms. The maximum Gasteiger partial charge on any atom is 0.226 e. The fourth-order valence-corrected chi connectivity index (χ4v) is 1.99. The van der Waals surface area contributed by atoms with Gasteiger partial charge in [-0.3, -0.25) is 4.79 Å². The zero-order valence-corrected chi connectivity index (χ0v) is 13.2. The minimum absolute atomic E-state index is 0. The van der Waals surface area contributed by atoms with Gasteiger partial charge in [0.05, 0.1) is 0 Å². The molecule has 0 fully saturated rings. The molecule has 1 amide bonds. The van der Waals surface area contributed by atoms with Crippen LogP contribution in [0, 0.1) is 5.41 Å². The molecule has 0 radical (unpaired) electrons. The van der Waals surface area contributed by atoms with Crippen LogP contribution >= 0.6 is 24.0 Å². The zero-order chi connectivity index (χ0) is 13.6. The van der Waals surface area contributed by atoms with Crippen molar-refractivity contribution in [3.05, 3.63) is 34.9 Å². The predicted octanol–water partition coefficient (Wildman–Crippen LogP) is 2.67. The third-order valence-corrected chi connectivity index (χ3v) is 3.05. The maximum atomic E-state index is 12.1. The average Bonchev–Trinajstić information content (AvgIpc) is 2.28. The van der Waals surface area contributed by atoms with Crippen molar-refractivity contribution in [3.8, 4) is 0 Å². The highest BCUT2D eigenvalue weighted by molar-refractivity contribution is 6.30. The molecule has 3 nitrogen and oxygen atoms in total. The third kappa shape index (κ3) is 6.28. The Morgan fingerprint density at radius 3 is 2.58 bits per heavy atom. The summed E-state index contributed by atoms with van der Waals surface area (Å²) in [6.07, 6.45) is 0.680. The molecule has 1 aromatic rings. The summed E-state index contributed by atoms with van der Waals surface area (Å²) in [5, 5.41) is 6.63. The zero-order valence-electron chi connectivity index (χ0n) is 11.6. The van der Waals surface area contributed by atoms with E-state index in [1.54, 1.807) is 0 Å². The molecule has 1 rings (SSSR count). The number of rotatable bonds is 6. The van der Waals surface area contributed by atoms with Gasteiger partial charge in [0.2, 0.25) is 5.91 Å². The van der Waals surface area contributed by atoms with Crippen LogP contribution in [-0.4, -0.2) is 26.0 Å². The molecule has 108 valence electrons. The molecule has 0 saturated carbocycles. The minimum Gasteiger partial charge on any atom is -0.354 e. The SMILES string of the molecule is CNCCNC(=O)C(C)(C)Cc1cccc(Cl)c1.Cl. The van der Waals surface area contributed by atoms with E-state index in [1.807, 2.05) is 45.2 Å². The van der Waals surface area contributed by atoms with Crippen LogP contribution in [0.5, 0.6) is 0 Å². The summed E-state index contributed by atoms with van der Waals surface area (Å²) >= 11 is 5.95. The molecule has 2 N–H and O–H groups in total. The monoisotopic (exact) mass is 304 g/mol. The molecule has 0 aliphatic heterocycles. The molecule has 0 saturated heterocycles. The predicted molar refractivity (Wildman–Crippen MR) is 83.1 cm³/mol. The van der Waals surface area contributed by atoms with E-state index >= 15 is 0 Å². The number of carbonyl (C=O) groups is 1. The Balaban J connectivity index is 0.00000324. The van der Waals surface area contributed by atoms with E-state index in [2.05, 4.69) is 10.6 Å². The minimum atomic E-state index is -0.432. The van der Waals surface area contributed by atoms with E-state index in [9.17, 15) is 4.79 Å². The second-order valence-electron chi connectivity index (χ2n) is 5.05. The average molecular weight is 305 g/mol. The molecule has 0 heterocycles. The van der Waals surface area contributed by atoms with Crippen LogP contribution in [0.15, 0.2) is 24.3 Å². The lowest BCUT2D eigenvalue weighted by Gasteiger charge is -2.23. The first-order valence-corrected chi connectivity index (χ1v) is 6.51. The van der Waals surface area contributed by atoms with Crippen LogP contribution in [0.1, 0.15) is 19.4 Å². The van der Waals surface area contributed by atoms with Crippen molar-refractivity contribution in [1.29, 1.82) is 0 Å². The highest BCUT2D eigenvalue weighted by Crippen LogP contribution is 2.23. The van der Waals surface area contributed by atoms with Crippen molar-refractivity contribution in [3.63, 3.8) is 0 Å². The van der Waals surface area contributed by atoms with Crippen molar-refractivity contribution in [2.75, 3.05) is 20.1 Å². The summed E-state index contributed by atoms with van der Waals surface area (Å²) < 4.78 is 0. The summed E-state index contributed by atoms with van der Waals surface area (Å²) in [5.41, 5.74) is 0.648. The Morgan fingerprint density at radius 2 is 2.00 bits per heavy atom. The number of hydrogen-bond donors (Lipinski definition) is 2. The molecule has 0 atom stereocenters. The standard InChI is InChI=1S/C14H21ClN2O.ClH/c1-14(2,13(18)17-8-7-16-3)10-11-5-4-6-12(15)9-11;/h4-6,9,16H,7-8,10H2,1-3H3,(H,17,18);1H. The largest absolute Gasteiger partial charge is 0.354 e. The molecule has 0 aliphatic carbocycles. The highest BCUT2D eigenvalue weighted by Gasteiger charge is 2.27. The second kappa shape index (κ2) is 8.41. The van der Waals surface area contributed by atoms with E-state index in [0.29, 0.717) is 18.0 Å². The van der Waals surface area contributed by atoms with Crippen LogP contribution in [0.3, 0.4) is 0 Å². The highest BCUT2D eigenvalue weighted by atomic mass is 35.5. The molecular weight excluding hydrogens is 283 g/mol. The molecule has 0 unspecified atom stereocenters. The number of likely N-dealkylation sites (N-methyl/N-ethyl adjacent to an activating group) is 1. The first kappa shape index (κ1) is 18.2. The Morgan fingerprint density at radius 1 is 1.32 bits per heavy atom. The van der Waals surface area contributed by atoms with Gasteiger partial charge in [0.1, 0.15) is 0 Å². The Bertz CT molecular complexity index is 408. The van der Waals surface area contributed by atoms with Crippen molar-refractivity contribution in [2.45, 2.75) is 20.3 Å². The van der Waals surface area contributed by atoms with Gasteiger partial charge in [-0.15, -0.1) is 12.4 Å². The van der Waals surface area contributed by atoms with Gasteiger partial charge in [0, 0.05) is 23.5 Å². The van der Waals surface area contributed by atoms with Gasteiger partial charge in [0.15, 0.2) is 0 Å². The summed E-state index contributed by atoms with van der Waals surface area (Å²) in [4.78, 5) is 12.1. The first-order valence-electron chi connectivity index (χ1n) is 6.13. The number of hydrogen-bond acceptors (Lipinski definition) is 2. The van der Waals surface area contributed by atoms with Gasteiger partial charge in [-0.1, -0.05) is 37.6 Å². The number of nitrogens with one attached hydrogen (secondary N) is 2. The first-order chi connectivity index (χ1) is 8.45. The van der Waals surface area contributed by atoms with Crippen LogP contribution in [0.2, 0.25) is 5.02 Å². The molecule has 0 aromatic heterocycles. The van der Waals surface area contributed by atoms with Gasteiger partial charge < -0.3 is 10.6 Å². The van der Waals surface area contributed by atoms with E-state index in [-0.39, 0.29) is 18.3 Å². The molecule has 0 bridgehead atoms. The lowest BCUT2D eigenvalue weighted by Crippen LogP contribution is -2.40. The summed E-state index contributed by atoms with van der Waals surface area (Å²) in [5.74, 6) is 0.0673. The Kier molecular flexibility index (Phi) is 8.07. The Labute approximate surface area is 126 Å². The summed E-state index contributed by atoms with van der Waals surface area (Å²) in [6, 6.07) is 7.65. The summed E-state index contributed by atoms with van der Waals surface area (Å²) in [7, 11) is 1.86. The molecular formula is C14H22Cl2N2O. The van der Waals surface area contributed by atoms with Crippen molar-refractivity contribution >= 4 is 29.9 Å². The van der Waals surface area contributed by atoms with Gasteiger partial charge >= 0.3 is 0 Å². The number of halogens is 2. The van der Waals surface area contributed by atoms with Gasteiger partial charge in [-0.25, -0.2) is 0 Å². The smallest absolute Gasteiger partial charge is 0.226 e. The quantitative estimate of drug-likeness (QED) is 0.793. The van der Waals surface area contributed by atoms with Crippen LogP contribution < -0.4 is 10.6 Å². The van der Waals surface area contributed by atoms with E-state index < -0.39 is 5.41 Å². The number of benzene rings is 1. The maximum absolute atomic E-state index is 12.1. The topological polar surface area (TPSA) is 41.1 Å². The molecule has 19 heavy (non-hydrogen) atoms. The summed E-state index contributed by atoms with van der Waals surface area (Å²) in [6.45, 7) is 5.32. The number of carbonyl (C=O) groups excluding carboxylic acids is 1. The fourth-order valence-electron chi connectivity index (χ4n) is 1.78. The van der Waals surface area contributed by atoms with E-state index in [1.165, 1.54) is 0 Å². The van der Waals surface area contributed by atoms with Crippen molar-refractivity contribution in [2.24, 2.45) is 5.41 Å². The molecule has 0 spiro atoms. The van der Waals surface area contributed by atoms with Crippen LogP contribution in [-0.2, 0) is 11.2 Å². The van der Waals surface area contributed by atoms with E-state index in [4.69, 9.17) is 11.6 Å². The van der Waals surface area contributed by atoms with Crippen LogP contribution in [0.4, 0.5) is 0 Å². The van der Waals surface area contributed by atoms with Gasteiger partial charge in [-0.2, -0.15) is 0 Å². The lowest BCUT2D eigenvalue weighted by atomic mass is 9.85. The second-order valence-corrected chi connectivity index (χ2v) is 5.49. The fraction of sp³-hybridized carbons (Fsp3) is 0.500. The van der Waals surface area contributed by atoms with Crippen LogP contribution in [0.25, 0.3) is 0 Å². The molecule has 0 aliphatic rings. The van der Waals surface area contributed by atoms with Gasteiger partial charge in [-0.05, 0) is 31.2 Å². The van der Waals surface area contributed by atoms with Gasteiger partial charge in [0.25, 0.3) is 0 Å². The lowest BCUT2D eigenvalue weighted by molar-refractivity contribution is -0.129. The third-order valence-electron chi connectivity index (χ3n) is 2.81.